The minimum Gasteiger partial charge on any atom is -0.387 e. The maximum Gasteiger partial charge on any atom is 0.103 e. The van der Waals surface area contributed by atoms with E-state index in [9.17, 15) is 0 Å². The van der Waals surface area contributed by atoms with Crippen molar-refractivity contribution in [3.63, 3.8) is 0 Å². The molecule has 0 unspecified atom stereocenters. The van der Waals surface area contributed by atoms with Gasteiger partial charge in [-0.3, -0.25) is 0 Å². The molecule has 3 heteroatoms. The van der Waals surface area contributed by atoms with E-state index in [1.165, 1.54) is 35.7 Å². The maximum atomic E-state index is 6.07. The highest BCUT2D eigenvalue weighted by Crippen LogP contribution is 2.25. The van der Waals surface area contributed by atoms with E-state index in [1.54, 1.807) is 0 Å². The fraction of sp³-hybridized carbons (Fsp3) is 0.462. The van der Waals surface area contributed by atoms with Gasteiger partial charge < -0.3 is 5.73 Å². The number of nitrogens with zero attached hydrogens (tertiary/aromatic N) is 1. The lowest BCUT2D eigenvalue weighted by Crippen LogP contribution is -2.25. The number of aliphatic imine (C=N–C) groups is 1. The molecule has 1 aliphatic carbocycles. The second kappa shape index (κ2) is 5.66. The van der Waals surface area contributed by atoms with Crippen LogP contribution >= 0.6 is 22.6 Å². The lowest BCUT2D eigenvalue weighted by molar-refractivity contribution is 0.437. The van der Waals surface area contributed by atoms with Gasteiger partial charge in [0.2, 0.25) is 0 Å². The van der Waals surface area contributed by atoms with Gasteiger partial charge in [0.25, 0.3) is 0 Å². The molecule has 0 heterocycles. The van der Waals surface area contributed by atoms with E-state index in [4.69, 9.17) is 5.73 Å². The predicted octanol–water partition coefficient (Wildman–Crippen LogP) is 3.86. The first kappa shape index (κ1) is 11.9. The standard InChI is InChI=1S/C13H17IN2/c14-11-6-8-12(9-7-11)16-13(15)10-4-2-1-3-5-10/h6-10H,1-5H2,(H2,15,16). The van der Waals surface area contributed by atoms with Crippen molar-refractivity contribution < 1.29 is 0 Å². The number of amidine groups is 1. The first-order valence-electron chi connectivity index (χ1n) is 5.85. The fourth-order valence-electron chi connectivity index (χ4n) is 2.15. The topological polar surface area (TPSA) is 38.4 Å². The molecule has 2 nitrogen and oxygen atoms in total. The van der Waals surface area contributed by atoms with Crippen LogP contribution in [-0.2, 0) is 0 Å². The van der Waals surface area contributed by atoms with E-state index < -0.39 is 0 Å². The molecule has 0 amide bonds. The molecular weight excluding hydrogens is 311 g/mol. The highest BCUT2D eigenvalue weighted by atomic mass is 127. The van der Waals surface area contributed by atoms with Crippen molar-refractivity contribution >= 4 is 34.1 Å². The van der Waals surface area contributed by atoms with Crippen LogP contribution in [0.2, 0.25) is 0 Å². The maximum absolute atomic E-state index is 6.07. The zero-order valence-electron chi connectivity index (χ0n) is 9.32. The number of halogens is 1. The third-order valence-electron chi connectivity index (χ3n) is 3.11. The van der Waals surface area contributed by atoms with E-state index >= 15 is 0 Å². The molecule has 0 bridgehead atoms. The van der Waals surface area contributed by atoms with Crippen molar-refractivity contribution in [2.45, 2.75) is 32.1 Å². The first-order chi connectivity index (χ1) is 7.75. The molecule has 1 saturated carbocycles. The van der Waals surface area contributed by atoms with Gasteiger partial charge in [-0.1, -0.05) is 19.3 Å². The number of benzene rings is 1. The Labute approximate surface area is 110 Å². The van der Waals surface area contributed by atoms with Crippen LogP contribution in [0.3, 0.4) is 0 Å². The summed E-state index contributed by atoms with van der Waals surface area (Å²) < 4.78 is 1.23. The van der Waals surface area contributed by atoms with E-state index in [1.807, 2.05) is 12.1 Å². The Balaban J connectivity index is 2.07. The molecule has 86 valence electrons. The van der Waals surface area contributed by atoms with Gasteiger partial charge in [-0.25, -0.2) is 4.99 Å². The van der Waals surface area contributed by atoms with Gasteiger partial charge in [0.05, 0.1) is 5.69 Å². The molecule has 1 aromatic rings. The van der Waals surface area contributed by atoms with Gasteiger partial charge in [0.15, 0.2) is 0 Å². The fourth-order valence-corrected chi connectivity index (χ4v) is 2.51. The van der Waals surface area contributed by atoms with Crippen LogP contribution in [0.5, 0.6) is 0 Å². The molecule has 1 aromatic carbocycles. The van der Waals surface area contributed by atoms with Crippen molar-refractivity contribution in [1.82, 2.24) is 0 Å². The molecule has 0 aromatic heterocycles. The minimum atomic E-state index is 0.507. The molecule has 16 heavy (non-hydrogen) atoms. The van der Waals surface area contributed by atoms with E-state index in [0.717, 1.165) is 11.5 Å². The van der Waals surface area contributed by atoms with Crippen molar-refractivity contribution in [3.05, 3.63) is 27.8 Å². The van der Waals surface area contributed by atoms with Gasteiger partial charge in [-0.15, -0.1) is 0 Å². The molecule has 1 fully saturated rings. The molecule has 0 saturated heterocycles. The lowest BCUT2D eigenvalue weighted by atomic mass is 9.88. The Bertz CT molecular complexity index is 364. The average Bonchev–Trinajstić information content (AvgIpc) is 2.33. The summed E-state index contributed by atoms with van der Waals surface area (Å²) in [4.78, 5) is 4.51. The van der Waals surface area contributed by atoms with Gasteiger partial charge in [-0.2, -0.15) is 0 Å². The lowest BCUT2D eigenvalue weighted by Gasteiger charge is -2.20. The number of hydrogen-bond donors (Lipinski definition) is 1. The summed E-state index contributed by atoms with van der Waals surface area (Å²) in [7, 11) is 0. The third kappa shape index (κ3) is 3.20. The molecule has 1 aliphatic rings. The summed E-state index contributed by atoms with van der Waals surface area (Å²) in [6, 6.07) is 8.18. The third-order valence-corrected chi connectivity index (χ3v) is 3.83. The number of hydrogen-bond acceptors (Lipinski definition) is 1. The zero-order valence-corrected chi connectivity index (χ0v) is 11.5. The minimum absolute atomic E-state index is 0.507. The van der Waals surface area contributed by atoms with Crippen molar-refractivity contribution in [2.24, 2.45) is 16.6 Å². The zero-order chi connectivity index (χ0) is 11.4. The van der Waals surface area contributed by atoms with Gasteiger partial charge in [-0.05, 0) is 59.7 Å². The Morgan fingerprint density at radius 2 is 1.75 bits per heavy atom. The van der Waals surface area contributed by atoms with Crippen LogP contribution in [0.25, 0.3) is 0 Å². The quantitative estimate of drug-likeness (QED) is 0.500. The molecule has 0 atom stereocenters. The van der Waals surface area contributed by atoms with E-state index in [0.29, 0.717) is 5.92 Å². The molecular formula is C13H17IN2. The van der Waals surface area contributed by atoms with Crippen LogP contribution in [0.1, 0.15) is 32.1 Å². The van der Waals surface area contributed by atoms with Gasteiger partial charge in [0.1, 0.15) is 5.84 Å². The summed E-state index contributed by atoms with van der Waals surface area (Å²) in [5, 5.41) is 0. The highest BCUT2D eigenvalue weighted by molar-refractivity contribution is 14.1. The van der Waals surface area contributed by atoms with Crippen LogP contribution < -0.4 is 5.73 Å². The van der Waals surface area contributed by atoms with Crippen molar-refractivity contribution in [1.29, 1.82) is 0 Å². The predicted molar refractivity (Wildman–Crippen MR) is 77.0 cm³/mol. The van der Waals surface area contributed by atoms with Crippen LogP contribution in [0.15, 0.2) is 29.3 Å². The summed E-state index contributed by atoms with van der Waals surface area (Å²) in [5.41, 5.74) is 7.04. The summed E-state index contributed by atoms with van der Waals surface area (Å²) in [5.74, 6) is 1.33. The van der Waals surface area contributed by atoms with E-state index in [-0.39, 0.29) is 0 Å². The highest BCUT2D eigenvalue weighted by Gasteiger charge is 2.16. The molecule has 0 radical (unpaired) electrons. The second-order valence-electron chi connectivity index (χ2n) is 4.35. The SMILES string of the molecule is NC(=Nc1ccc(I)cc1)C1CCCCC1. The summed E-state index contributed by atoms with van der Waals surface area (Å²) >= 11 is 2.29. The van der Waals surface area contributed by atoms with Crippen LogP contribution in [0, 0.1) is 9.49 Å². The van der Waals surface area contributed by atoms with Crippen molar-refractivity contribution in [2.75, 3.05) is 0 Å². The van der Waals surface area contributed by atoms with Gasteiger partial charge >= 0.3 is 0 Å². The Kier molecular flexibility index (Phi) is 4.21. The summed E-state index contributed by atoms with van der Waals surface area (Å²) in [6.07, 6.45) is 6.37. The molecule has 2 N–H and O–H groups in total. The number of nitrogens with two attached hydrogens (primary N) is 1. The Morgan fingerprint density at radius 1 is 1.12 bits per heavy atom. The second-order valence-corrected chi connectivity index (χ2v) is 5.59. The Morgan fingerprint density at radius 3 is 2.38 bits per heavy atom. The number of rotatable bonds is 2. The molecule has 2 rings (SSSR count). The Hall–Kier alpha value is -0.580. The average molecular weight is 328 g/mol. The van der Waals surface area contributed by atoms with Crippen molar-refractivity contribution in [3.8, 4) is 0 Å². The first-order valence-corrected chi connectivity index (χ1v) is 6.93. The smallest absolute Gasteiger partial charge is 0.103 e. The van der Waals surface area contributed by atoms with Crippen LogP contribution in [0.4, 0.5) is 5.69 Å². The van der Waals surface area contributed by atoms with E-state index in [2.05, 4.69) is 39.7 Å². The molecule has 0 spiro atoms. The molecule has 0 aliphatic heterocycles. The largest absolute Gasteiger partial charge is 0.387 e. The normalized spacial score (nSPS) is 18.7. The monoisotopic (exact) mass is 328 g/mol. The summed E-state index contributed by atoms with van der Waals surface area (Å²) in [6.45, 7) is 0. The van der Waals surface area contributed by atoms with Crippen LogP contribution in [-0.4, -0.2) is 5.84 Å². The van der Waals surface area contributed by atoms with Gasteiger partial charge in [0, 0.05) is 9.49 Å².